The van der Waals surface area contributed by atoms with Crippen LogP contribution in [0.1, 0.15) is 6.42 Å². The van der Waals surface area contributed by atoms with Crippen molar-refractivity contribution in [2.45, 2.75) is 10.5 Å². The van der Waals surface area contributed by atoms with Gasteiger partial charge in [0.05, 0.1) is 6.42 Å². The molecule has 128 valence electrons. The van der Waals surface area contributed by atoms with Crippen molar-refractivity contribution in [1.29, 1.82) is 0 Å². The van der Waals surface area contributed by atoms with Gasteiger partial charge >= 0.3 is 11.9 Å². The standard InChI is InChI=1S/C6H18N4.C4H6O4S2.ClH/c7-1-3-9-5-6-10-4-2-8;5-2(6)1-4(9,10)3(7)8;/h9-10H,1-8H2;9-10H,1H2,(H,5,6)(H,7,8);1H. The van der Waals surface area contributed by atoms with Crippen molar-refractivity contribution in [3.63, 3.8) is 0 Å². The smallest absolute Gasteiger partial charge is 0.330 e. The monoisotopic (exact) mass is 364 g/mol. The number of nitrogens with one attached hydrogen (secondary N) is 2. The predicted octanol–water partition coefficient (Wildman–Crippen LogP) is -1.39. The quantitative estimate of drug-likeness (QED) is 0.134. The molecular formula is C10H25ClN4O4S2. The fourth-order valence-corrected chi connectivity index (χ4v) is 1.19. The van der Waals surface area contributed by atoms with E-state index in [9.17, 15) is 9.59 Å². The minimum absolute atomic E-state index is 0. The van der Waals surface area contributed by atoms with Crippen molar-refractivity contribution >= 4 is 49.6 Å². The van der Waals surface area contributed by atoms with Crippen LogP contribution in [0.4, 0.5) is 0 Å². The van der Waals surface area contributed by atoms with Crippen LogP contribution in [-0.2, 0) is 9.59 Å². The summed E-state index contributed by atoms with van der Waals surface area (Å²) in [6, 6.07) is 0. The molecule has 0 aromatic carbocycles. The molecule has 0 aromatic rings. The SMILES string of the molecule is Cl.NCCNCCNCCN.O=C(O)CC(S)(S)C(=O)O. The third-order valence-electron chi connectivity index (χ3n) is 1.86. The van der Waals surface area contributed by atoms with E-state index in [2.05, 4.69) is 35.9 Å². The Labute approximate surface area is 141 Å². The number of halogens is 1. The molecule has 0 heterocycles. The molecule has 11 heteroatoms. The van der Waals surface area contributed by atoms with Crippen LogP contribution in [0.5, 0.6) is 0 Å². The molecule has 0 fully saturated rings. The molecule has 0 aliphatic heterocycles. The second-order valence-corrected chi connectivity index (χ2v) is 5.65. The number of aliphatic carboxylic acids is 2. The number of hydrogen-bond acceptors (Lipinski definition) is 8. The van der Waals surface area contributed by atoms with E-state index in [-0.39, 0.29) is 12.4 Å². The van der Waals surface area contributed by atoms with Crippen molar-refractivity contribution in [1.82, 2.24) is 10.6 Å². The minimum atomic E-state index is -1.77. The fourth-order valence-electron chi connectivity index (χ4n) is 0.917. The average Bonchev–Trinajstić information content (AvgIpc) is 2.33. The van der Waals surface area contributed by atoms with E-state index >= 15 is 0 Å². The largest absolute Gasteiger partial charge is 0.481 e. The first kappa shape index (κ1) is 25.7. The van der Waals surface area contributed by atoms with Gasteiger partial charge in [-0.25, -0.2) is 4.79 Å². The lowest BCUT2D eigenvalue weighted by atomic mass is 10.3. The summed E-state index contributed by atoms with van der Waals surface area (Å²) in [6.45, 7) is 5.14. The predicted molar refractivity (Wildman–Crippen MR) is 91.7 cm³/mol. The number of carbonyl (C=O) groups is 2. The van der Waals surface area contributed by atoms with E-state index in [0.29, 0.717) is 13.1 Å². The number of thiol groups is 2. The molecule has 0 saturated heterocycles. The lowest BCUT2D eigenvalue weighted by molar-refractivity contribution is -0.143. The first-order chi connectivity index (χ1) is 9.27. The Morgan fingerprint density at radius 2 is 1.33 bits per heavy atom. The molecule has 0 radical (unpaired) electrons. The highest BCUT2D eigenvalue weighted by molar-refractivity contribution is 8.02. The molecule has 8 nitrogen and oxygen atoms in total. The van der Waals surface area contributed by atoms with Crippen LogP contribution < -0.4 is 22.1 Å². The minimum Gasteiger partial charge on any atom is -0.481 e. The van der Waals surface area contributed by atoms with E-state index in [1.54, 1.807) is 0 Å². The molecule has 0 amide bonds. The molecule has 0 atom stereocenters. The van der Waals surface area contributed by atoms with Gasteiger partial charge in [0, 0.05) is 39.3 Å². The first-order valence-electron chi connectivity index (χ1n) is 5.99. The Kier molecular flexibility index (Phi) is 19.8. The number of carboxylic acid groups (broad SMARTS) is 2. The van der Waals surface area contributed by atoms with E-state index in [1.165, 1.54) is 0 Å². The lowest BCUT2D eigenvalue weighted by Crippen LogP contribution is -2.32. The van der Waals surface area contributed by atoms with Crippen LogP contribution in [0.3, 0.4) is 0 Å². The van der Waals surface area contributed by atoms with Gasteiger partial charge in [-0.3, -0.25) is 4.79 Å². The average molecular weight is 365 g/mol. The second-order valence-electron chi connectivity index (χ2n) is 3.77. The van der Waals surface area contributed by atoms with Gasteiger partial charge in [-0.2, -0.15) is 0 Å². The molecule has 0 aliphatic rings. The Morgan fingerprint density at radius 1 is 0.952 bits per heavy atom. The lowest BCUT2D eigenvalue weighted by Gasteiger charge is -2.12. The van der Waals surface area contributed by atoms with Gasteiger partial charge in [0.15, 0.2) is 4.08 Å². The molecular weight excluding hydrogens is 340 g/mol. The third kappa shape index (κ3) is 19.8. The second kappa shape index (κ2) is 16.1. The summed E-state index contributed by atoms with van der Waals surface area (Å²) in [6.07, 6.45) is -0.617. The first-order valence-corrected chi connectivity index (χ1v) is 6.88. The van der Waals surface area contributed by atoms with Crippen molar-refractivity contribution in [3.05, 3.63) is 0 Å². The summed E-state index contributed by atoms with van der Waals surface area (Å²) >= 11 is 7.01. The van der Waals surface area contributed by atoms with Crippen LogP contribution in [0.2, 0.25) is 0 Å². The summed E-state index contributed by atoms with van der Waals surface area (Å²) < 4.78 is -1.77. The number of rotatable bonds is 10. The molecule has 0 spiro atoms. The summed E-state index contributed by atoms with van der Waals surface area (Å²) in [5.41, 5.74) is 10.5. The highest BCUT2D eigenvalue weighted by Gasteiger charge is 2.32. The Hall–Kier alpha value is -0.230. The zero-order valence-corrected chi connectivity index (χ0v) is 14.2. The van der Waals surface area contributed by atoms with Crippen LogP contribution in [0, 0.1) is 0 Å². The van der Waals surface area contributed by atoms with Crippen molar-refractivity contribution < 1.29 is 19.8 Å². The summed E-state index contributed by atoms with van der Waals surface area (Å²) in [5.74, 6) is -2.60. The summed E-state index contributed by atoms with van der Waals surface area (Å²) in [7, 11) is 0. The van der Waals surface area contributed by atoms with Gasteiger partial charge in [0.25, 0.3) is 0 Å². The number of carboxylic acids is 2. The maximum Gasteiger partial charge on any atom is 0.330 e. The van der Waals surface area contributed by atoms with E-state index in [1.807, 2.05) is 0 Å². The number of hydrogen-bond donors (Lipinski definition) is 8. The maximum atomic E-state index is 10.1. The zero-order chi connectivity index (χ0) is 16.0. The summed E-state index contributed by atoms with van der Waals surface area (Å²) in [4.78, 5) is 20.1. The van der Waals surface area contributed by atoms with Gasteiger partial charge in [-0.1, -0.05) is 0 Å². The van der Waals surface area contributed by atoms with Gasteiger partial charge in [-0.15, -0.1) is 37.7 Å². The van der Waals surface area contributed by atoms with Gasteiger partial charge in [0.1, 0.15) is 0 Å². The molecule has 0 saturated carbocycles. The maximum absolute atomic E-state index is 10.1. The van der Waals surface area contributed by atoms with Crippen LogP contribution in [0.15, 0.2) is 0 Å². The Bertz CT molecular complexity index is 278. The molecule has 0 unspecified atom stereocenters. The van der Waals surface area contributed by atoms with Crippen molar-refractivity contribution in [3.8, 4) is 0 Å². The number of nitrogens with two attached hydrogens (primary N) is 2. The highest BCUT2D eigenvalue weighted by Crippen LogP contribution is 2.23. The Balaban J connectivity index is -0.000000295. The van der Waals surface area contributed by atoms with Crippen molar-refractivity contribution in [2.75, 3.05) is 39.3 Å². The molecule has 8 N–H and O–H groups in total. The van der Waals surface area contributed by atoms with Gasteiger partial charge in [0.2, 0.25) is 0 Å². The van der Waals surface area contributed by atoms with Crippen LogP contribution >= 0.6 is 37.7 Å². The normalized spacial score (nSPS) is 10.1. The van der Waals surface area contributed by atoms with Crippen molar-refractivity contribution in [2.24, 2.45) is 11.5 Å². The van der Waals surface area contributed by atoms with E-state index in [0.717, 1.165) is 26.2 Å². The van der Waals surface area contributed by atoms with Crippen LogP contribution in [0.25, 0.3) is 0 Å². The molecule has 0 rings (SSSR count). The molecule has 0 bridgehead atoms. The topological polar surface area (TPSA) is 151 Å². The highest BCUT2D eigenvalue weighted by atomic mass is 35.5. The van der Waals surface area contributed by atoms with E-state index < -0.39 is 22.4 Å². The zero-order valence-electron chi connectivity index (χ0n) is 11.6. The summed E-state index contributed by atoms with van der Waals surface area (Å²) in [5, 5.41) is 22.7. The fraction of sp³-hybridized carbons (Fsp3) is 0.800. The van der Waals surface area contributed by atoms with Crippen LogP contribution in [-0.4, -0.2) is 65.5 Å². The van der Waals surface area contributed by atoms with Gasteiger partial charge in [-0.05, 0) is 0 Å². The molecule has 0 aromatic heterocycles. The molecule has 21 heavy (non-hydrogen) atoms. The molecule has 0 aliphatic carbocycles. The van der Waals surface area contributed by atoms with E-state index in [4.69, 9.17) is 21.7 Å². The third-order valence-corrected chi connectivity index (χ3v) is 2.56. The van der Waals surface area contributed by atoms with Gasteiger partial charge < -0.3 is 32.3 Å². The Morgan fingerprint density at radius 3 is 1.52 bits per heavy atom.